The normalized spacial score (nSPS) is 14.9. The lowest BCUT2D eigenvalue weighted by Crippen LogP contribution is -2.53. The van der Waals surface area contributed by atoms with Crippen molar-refractivity contribution in [3.05, 3.63) is 65.2 Å². The SMILES string of the molecule is CC[C@@H](C(=O)NC1CCCC1)N(Cc1ccccc1C)C(=O)CN(c1ccc(F)c(F)c1)S(C)(=O)=O. The van der Waals surface area contributed by atoms with E-state index in [1.54, 1.807) is 6.92 Å². The first-order valence-corrected chi connectivity index (χ1v) is 13.9. The summed E-state index contributed by atoms with van der Waals surface area (Å²) in [4.78, 5) is 28.3. The Morgan fingerprint density at radius 2 is 1.75 bits per heavy atom. The summed E-state index contributed by atoms with van der Waals surface area (Å²) in [5.74, 6) is -3.27. The fourth-order valence-corrected chi connectivity index (χ4v) is 5.35. The number of aryl methyl sites for hydroxylation is 1. The van der Waals surface area contributed by atoms with E-state index >= 15 is 0 Å². The third-order valence-electron chi connectivity index (χ3n) is 6.56. The highest BCUT2D eigenvalue weighted by atomic mass is 32.2. The van der Waals surface area contributed by atoms with Gasteiger partial charge in [-0.25, -0.2) is 17.2 Å². The molecule has 0 radical (unpaired) electrons. The van der Waals surface area contributed by atoms with Gasteiger partial charge in [-0.05, 0) is 49.4 Å². The minimum atomic E-state index is -4.03. The maximum Gasteiger partial charge on any atom is 0.244 e. The van der Waals surface area contributed by atoms with Crippen LogP contribution in [0.2, 0.25) is 0 Å². The number of benzene rings is 2. The summed E-state index contributed by atoms with van der Waals surface area (Å²) in [6, 6.07) is 9.30. The van der Waals surface area contributed by atoms with Gasteiger partial charge >= 0.3 is 0 Å². The zero-order valence-electron chi connectivity index (χ0n) is 20.8. The number of halogens is 2. The smallest absolute Gasteiger partial charge is 0.244 e. The van der Waals surface area contributed by atoms with Crippen LogP contribution in [0, 0.1) is 18.6 Å². The van der Waals surface area contributed by atoms with E-state index in [4.69, 9.17) is 0 Å². The second kappa shape index (κ2) is 11.8. The molecule has 0 aliphatic heterocycles. The summed E-state index contributed by atoms with van der Waals surface area (Å²) >= 11 is 0. The van der Waals surface area contributed by atoms with Crippen LogP contribution >= 0.6 is 0 Å². The van der Waals surface area contributed by atoms with Crippen LogP contribution in [0.1, 0.15) is 50.2 Å². The minimum Gasteiger partial charge on any atom is -0.352 e. The molecule has 1 aliphatic rings. The Bertz CT molecular complexity index is 1200. The molecular formula is C26H33F2N3O4S. The van der Waals surface area contributed by atoms with Crippen LogP contribution in [0.4, 0.5) is 14.5 Å². The fraction of sp³-hybridized carbons (Fsp3) is 0.462. The van der Waals surface area contributed by atoms with Crippen LogP contribution in [0.25, 0.3) is 0 Å². The van der Waals surface area contributed by atoms with Crippen molar-refractivity contribution in [1.82, 2.24) is 10.2 Å². The van der Waals surface area contributed by atoms with Crippen molar-refractivity contribution in [3.63, 3.8) is 0 Å². The molecule has 2 aromatic carbocycles. The van der Waals surface area contributed by atoms with Crippen molar-refractivity contribution in [3.8, 4) is 0 Å². The first-order chi connectivity index (χ1) is 17.0. The lowest BCUT2D eigenvalue weighted by atomic mass is 10.1. The summed E-state index contributed by atoms with van der Waals surface area (Å²) in [5, 5.41) is 3.04. The van der Waals surface area contributed by atoms with Crippen LogP contribution < -0.4 is 9.62 Å². The van der Waals surface area contributed by atoms with Gasteiger partial charge in [0.2, 0.25) is 21.8 Å². The lowest BCUT2D eigenvalue weighted by molar-refractivity contribution is -0.140. The number of hydrogen-bond acceptors (Lipinski definition) is 4. The van der Waals surface area contributed by atoms with Gasteiger partial charge in [0.1, 0.15) is 12.6 Å². The molecule has 1 N–H and O–H groups in total. The number of anilines is 1. The maximum absolute atomic E-state index is 13.9. The summed E-state index contributed by atoms with van der Waals surface area (Å²) in [6.07, 6.45) is 5.03. The van der Waals surface area contributed by atoms with Crippen LogP contribution in [0.15, 0.2) is 42.5 Å². The molecule has 1 atom stereocenters. The molecule has 10 heteroatoms. The number of nitrogens with one attached hydrogen (secondary N) is 1. The average Bonchev–Trinajstić information content (AvgIpc) is 3.32. The van der Waals surface area contributed by atoms with Gasteiger partial charge in [-0.3, -0.25) is 13.9 Å². The van der Waals surface area contributed by atoms with Gasteiger partial charge in [0.25, 0.3) is 0 Å². The largest absolute Gasteiger partial charge is 0.352 e. The van der Waals surface area contributed by atoms with E-state index in [1.807, 2.05) is 31.2 Å². The molecule has 0 spiro atoms. The number of rotatable bonds is 10. The second-order valence-electron chi connectivity index (χ2n) is 9.23. The van der Waals surface area contributed by atoms with E-state index in [2.05, 4.69) is 5.32 Å². The molecule has 3 rings (SSSR count). The van der Waals surface area contributed by atoms with Crippen molar-refractivity contribution < 1.29 is 26.8 Å². The molecule has 0 heterocycles. The van der Waals surface area contributed by atoms with E-state index in [1.165, 1.54) is 4.90 Å². The summed E-state index contributed by atoms with van der Waals surface area (Å²) in [6.45, 7) is 3.11. The molecule has 196 valence electrons. The monoisotopic (exact) mass is 521 g/mol. The number of carbonyl (C=O) groups excluding carboxylic acids is 2. The molecule has 1 saturated carbocycles. The van der Waals surface area contributed by atoms with Crippen molar-refractivity contribution in [2.24, 2.45) is 0 Å². The third-order valence-corrected chi connectivity index (χ3v) is 7.70. The molecule has 0 bridgehead atoms. The van der Waals surface area contributed by atoms with Crippen LogP contribution in [-0.4, -0.2) is 50.0 Å². The summed E-state index contributed by atoms with van der Waals surface area (Å²) in [7, 11) is -4.03. The third kappa shape index (κ3) is 6.81. The number of amides is 2. The lowest BCUT2D eigenvalue weighted by Gasteiger charge is -2.33. The van der Waals surface area contributed by atoms with Gasteiger partial charge in [-0.2, -0.15) is 0 Å². The van der Waals surface area contributed by atoms with Gasteiger partial charge < -0.3 is 10.2 Å². The molecule has 2 aromatic rings. The van der Waals surface area contributed by atoms with Crippen molar-refractivity contribution in [2.45, 2.75) is 64.6 Å². The Morgan fingerprint density at radius 1 is 1.08 bits per heavy atom. The molecule has 1 aliphatic carbocycles. The van der Waals surface area contributed by atoms with Gasteiger partial charge in [0, 0.05) is 18.7 Å². The fourth-order valence-electron chi connectivity index (χ4n) is 4.51. The highest BCUT2D eigenvalue weighted by Gasteiger charge is 2.33. The Labute approximate surface area is 211 Å². The number of hydrogen-bond donors (Lipinski definition) is 1. The first kappa shape index (κ1) is 27.6. The topological polar surface area (TPSA) is 86.8 Å². The highest BCUT2D eigenvalue weighted by molar-refractivity contribution is 7.92. The predicted molar refractivity (Wildman–Crippen MR) is 135 cm³/mol. The summed E-state index contributed by atoms with van der Waals surface area (Å²) < 4.78 is 53.2. The number of nitrogens with zero attached hydrogens (tertiary/aromatic N) is 2. The average molecular weight is 522 g/mol. The van der Waals surface area contributed by atoms with Crippen LogP contribution in [0.3, 0.4) is 0 Å². The maximum atomic E-state index is 13.9. The molecule has 0 saturated heterocycles. The van der Waals surface area contributed by atoms with E-state index in [0.29, 0.717) is 6.42 Å². The minimum absolute atomic E-state index is 0.0525. The van der Waals surface area contributed by atoms with Gasteiger partial charge in [0.15, 0.2) is 11.6 Å². The first-order valence-electron chi connectivity index (χ1n) is 12.1. The van der Waals surface area contributed by atoms with Gasteiger partial charge in [0.05, 0.1) is 11.9 Å². The molecule has 1 fully saturated rings. The van der Waals surface area contributed by atoms with Gasteiger partial charge in [-0.15, -0.1) is 0 Å². The van der Waals surface area contributed by atoms with Crippen molar-refractivity contribution in [2.75, 3.05) is 17.1 Å². The molecule has 0 aromatic heterocycles. The Hall–Kier alpha value is -3.01. The number of sulfonamides is 1. The van der Waals surface area contributed by atoms with Crippen LogP contribution in [0.5, 0.6) is 0 Å². The van der Waals surface area contributed by atoms with Crippen molar-refractivity contribution in [1.29, 1.82) is 0 Å². The molecule has 36 heavy (non-hydrogen) atoms. The van der Waals surface area contributed by atoms with Gasteiger partial charge in [-0.1, -0.05) is 44.0 Å². The second-order valence-corrected chi connectivity index (χ2v) is 11.1. The Morgan fingerprint density at radius 3 is 2.33 bits per heavy atom. The van der Waals surface area contributed by atoms with E-state index in [9.17, 15) is 26.8 Å². The summed E-state index contributed by atoms with van der Waals surface area (Å²) in [5.41, 5.74) is 1.56. The quantitative estimate of drug-likeness (QED) is 0.514. The zero-order chi connectivity index (χ0) is 26.5. The zero-order valence-corrected chi connectivity index (χ0v) is 21.7. The molecular weight excluding hydrogens is 488 g/mol. The van der Waals surface area contributed by atoms with E-state index in [0.717, 1.165) is 65.6 Å². The molecule has 2 amide bonds. The number of carbonyl (C=O) groups is 2. The molecule has 0 unspecified atom stereocenters. The van der Waals surface area contributed by atoms with E-state index in [-0.39, 0.29) is 24.2 Å². The van der Waals surface area contributed by atoms with E-state index < -0.39 is 40.2 Å². The van der Waals surface area contributed by atoms with Crippen LogP contribution in [-0.2, 0) is 26.2 Å². The highest BCUT2D eigenvalue weighted by Crippen LogP contribution is 2.23. The standard InChI is InChI=1S/C26H33F2N3O4S/c1-4-24(26(33)29-20-11-7-8-12-20)30(16-19-10-6-5-9-18(19)2)25(32)17-31(36(3,34)35)21-13-14-22(27)23(28)15-21/h5-6,9-10,13-15,20,24H,4,7-8,11-12,16-17H2,1-3H3,(H,29,33)/t24-/m0/s1. The Balaban J connectivity index is 1.94. The Kier molecular flexibility index (Phi) is 9.05. The molecule has 7 nitrogen and oxygen atoms in total. The van der Waals surface area contributed by atoms with Crippen molar-refractivity contribution >= 4 is 27.5 Å². The predicted octanol–water partition coefficient (Wildman–Crippen LogP) is 3.91.